The molecule has 11 nitrogen and oxygen atoms in total. The number of nitrogens with zero attached hydrogens (tertiary/aromatic N) is 7. The quantitative estimate of drug-likeness (QED) is 0.172. The lowest BCUT2D eigenvalue weighted by molar-refractivity contribution is -0.926. The van der Waals surface area contributed by atoms with Gasteiger partial charge in [0.15, 0.2) is 5.69 Å². The summed E-state index contributed by atoms with van der Waals surface area (Å²) in [5.41, 5.74) is 0.634. The highest BCUT2D eigenvalue weighted by Crippen LogP contribution is 2.32. The lowest BCUT2D eigenvalue weighted by atomic mass is 10.1. The zero-order valence-corrected chi connectivity index (χ0v) is 28.3. The molecular formula is C37H36F3N8O3+. The molecule has 0 unspecified atom stereocenters. The predicted molar refractivity (Wildman–Crippen MR) is 185 cm³/mol. The van der Waals surface area contributed by atoms with Crippen molar-refractivity contribution < 1.29 is 27.2 Å². The first-order valence-electron chi connectivity index (χ1n) is 16.3. The molecule has 5 aromatic rings. The van der Waals surface area contributed by atoms with E-state index >= 15 is 0 Å². The van der Waals surface area contributed by atoms with Gasteiger partial charge in [0, 0.05) is 5.56 Å². The van der Waals surface area contributed by atoms with Gasteiger partial charge in [-0.1, -0.05) is 48.5 Å². The van der Waals surface area contributed by atoms with Crippen LogP contribution in [0.15, 0.2) is 95.9 Å². The van der Waals surface area contributed by atoms with E-state index in [1.807, 2.05) is 18.2 Å². The first kappa shape index (κ1) is 34.9. The second-order valence-electron chi connectivity index (χ2n) is 12.9. The number of carbonyl (C=O) groups excluding carboxylic acids is 2. The van der Waals surface area contributed by atoms with Crippen LogP contribution in [-0.2, 0) is 17.5 Å². The number of rotatable bonds is 7. The van der Waals surface area contributed by atoms with E-state index in [0.717, 1.165) is 32.3 Å². The number of imidazole rings is 1. The number of likely N-dealkylation sites (N-methyl/N-ethyl adjacent to an activating group) is 1. The van der Waals surface area contributed by atoms with E-state index in [1.54, 1.807) is 35.2 Å². The van der Waals surface area contributed by atoms with Crippen molar-refractivity contribution in [3.63, 3.8) is 0 Å². The maximum Gasteiger partial charge on any atom is 0.416 e. The van der Waals surface area contributed by atoms with Crippen molar-refractivity contribution in [2.75, 3.05) is 33.2 Å². The molecule has 51 heavy (non-hydrogen) atoms. The minimum Gasteiger partial charge on any atom is -0.330 e. The molecule has 1 saturated heterocycles. The molecule has 262 valence electrons. The van der Waals surface area contributed by atoms with Crippen molar-refractivity contribution in [2.45, 2.75) is 32.6 Å². The van der Waals surface area contributed by atoms with E-state index in [4.69, 9.17) is 6.57 Å². The lowest BCUT2D eigenvalue weighted by Crippen LogP contribution is -2.60. The van der Waals surface area contributed by atoms with Crippen molar-refractivity contribution in [2.24, 2.45) is 0 Å². The molecule has 1 aliphatic heterocycles. The smallest absolute Gasteiger partial charge is 0.330 e. The normalized spacial score (nSPS) is 14.9. The third-order valence-corrected chi connectivity index (χ3v) is 9.28. The molecule has 0 saturated carbocycles. The van der Waals surface area contributed by atoms with Crippen LogP contribution in [0.2, 0.25) is 0 Å². The minimum absolute atomic E-state index is 0.0632. The summed E-state index contributed by atoms with van der Waals surface area (Å²) in [6, 6.07) is 20.5. The Labute approximate surface area is 292 Å². The van der Waals surface area contributed by atoms with Crippen LogP contribution in [0.4, 0.5) is 23.7 Å². The number of hydrogen-bond acceptors (Lipinski definition) is 4. The monoisotopic (exact) mass is 697 g/mol. The van der Waals surface area contributed by atoms with Gasteiger partial charge in [-0.15, -0.1) is 0 Å². The number of alkyl halides is 3. The van der Waals surface area contributed by atoms with Gasteiger partial charge >= 0.3 is 17.9 Å². The molecule has 14 heteroatoms. The summed E-state index contributed by atoms with van der Waals surface area (Å²) in [6.07, 6.45) is -3.22. The number of hydrogen-bond donors (Lipinski definition) is 1. The molecular weight excluding hydrogens is 661 g/mol. The molecule has 0 radical (unpaired) electrons. The first-order chi connectivity index (χ1) is 24.3. The van der Waals surface area contributed by atoms with Gasteiger partial charge < -0.3 is 14.7 Å². The summed E-state index contributed by atoms with van der Waals surface area (Å²) in [5, 5.41) is 7.05. The van der Waals surface area contributed by atoms with Gasteiger partial charge in [0.05, 0.1) is 74.3 Å². The summed E-state index contributed by atoms with van der Waals surface area (Å²) >= 11 is 0. The highest BCUT2D eigenvalue weighted by atomic mass is 19.4. The average molecular weight is 698 g/mol. The fourth-order valence-electron chi connectivity index (χ4n) is 6.51. The Balaban J connectivity index is 1.32. The van der Waals surface area contributed by atoms with Crippen molar-refractivity contribution in [1.82, 2.24) is 29.1 Å². The standard InChI is InChI=1S/C37H35F3N8O3/c1-25(34(49)44-19-21-48(4,22-20-44)24-27-9-6-5-7-10-27)43-35(50)46-33(32-17-18-42-47(32)30-15-13-29(41-3)14-16-30)26(2)45(36(46)51)31-12-8-11-28(23-31)37(38,39)40/h5-18,23,25H,19-22,24H2,1-2,4H3/p+1/t25-/m0/s1. The molecule has 1 fully saturated rings. The number of halogens is 3. The Kier molecular flexibility index (Phi) is 9.42. The second kappa shape index (κ2) is 13.8. The summed E-state index contributed by atoms with van der Waals surface area (Å²) < 4.78 is 45.2. The van der Waals surface area contributed by atoms with Gasteiger partial charge in [0.25, 0.3) is 0 Å². The molecule has 1 atom stereocenters. The van der Waals surface area contributed by atoms with Gasteiger partial charge in [-0.3, -0.25) is 9.36 Å². The maximum absolute atomic E-state index is 14.1. The molecule has 0 aliphatic carbocycles. The van der Waals surface area contributed by atoms with Gasteiger partial charge in [-0.05, 0) is 50.2 Å². The van der Waals surface area contributed by atoms with Gasteiger partial charge in [0.2, 0.25) is 5.91 Å². The molecule has 2 amide bonds. The number of nitrogens with one attached hydrogen (secondary N) is 1. The summed E-state index contributed by atoms with van der Waals surface area (Å²) in [4.78, 5) is 46.9. The Bertz CT molecular complexity index is 2170. The molecule has 2 aromatic heterocycles. The third kappa shape index (κ3) is 7.06. The molecule has 3 heterocycles. The van der Waals surface area contributed by atoms with E-state index < -0.39 is 29.5 Å². The van der Waals surface area contributed by atoms with Gasteiger partial charge in [-0.2, -0.15) is 18.3 Å². The highest BCUT2D eigenvalue weighted by molar-refractivity contribution is 5.89. The highest BCUT2D eigenvalue weighted by Gasteiger charge is 2.35. The van der Waals surface area contributed by atoms with E-state index in [1.165, 1.54) is 42.4 Å². The predicted octanol–water partition coefficient (Wildman–Crippen LogP) is 5.80. The molecule has 6 rings (SSSR count). The fraction of sp³-hybridized carbons (Fsp3) is 0.270. The Morgan fingerprint density at radius 1 is 0.980 bits per heavy atom. The number of piperazine rings is 1. The summed E-state index contributed by atoms with van der Waals surface area (Å²) in [5.74, 6) is -0.317. The fourth-order valence-corrected chi connectivity index (χ4v) is 6.51. The first-order valence-corrected chi connectivity index (χ1v) is 16.3. The Morgan fingerprint density at radius 2 is 1.67 bits per heavy atom. The van der Waals surface area contributed by atoms with Crippen LogP contribution in [0.1, 0.15) is 23.7 Å². The minimum atomic E-state index is -4.67. The number of carbonyl (C=O) groups is 2. The van der Waals surface area contributed by atoms with Crippen molar-refractivity contribution >= 4 is 17.6 Å². The number of benzene rings is 3. The topological polar surface area (TPSA) is 98.5 Å². The molecule has 3 aromatic carbocycles. The van der Waals surface area contributed by atoms with E-state index in [0.29, 0.717) is 37.6 Å². The van der Waals surface area contributed by atoms with E-state index in [2.05, 4.69) is 34.4 Å². The van der Waals surface area contributed by atoms with Gasteiger partial charge in [-0.25, -0.2) is 23.7 Å². The van der Waals surface area contributed by atoms with Crippen LogP contribution in [0.5, 0.6) is 0 Å². The van der Waals surface area contributed by atoms with Crippen LogP contribution < -0.4 is 11.0 Å². The molecule has 1 N–H and O–H groups in total. The second-order valence-corrected chi connectivity index (χ2v) is 12.9. The SMILES string of the molecule is [C-]#[N+]c1ccc(-n2nccc2-c2c(C)n(-c3cccc(C(F)(F)F)c3)c(=O)n2C(=O)N[C@@H](C)C(=O)N2CC[N+](C)(Cc3ccccc3)CC2)cc1. The van der Waals surface area contributed by atoms with E-state index in [9.17, 15) is 27.6 Å². The largest absolute Gasteiger partial charge is 0.416 e. The Morgan fingerprint density at radius 3 is 2.31 bits per heavy atom. The Hall–Kier alpha value is -5.94. The molecule has 0 spiro atoms. The van der Waals surface area contributed by atoms with Crippen LogP contribution in [0.3, 0.4) is 0 Å². The number of amides is 2. The number of quaternary nitrogens is 1. The summed E-state index contributed by atoms with van der Waals surface area (Å²) in [6.45, 7) is 13.5. The molecule has 0 bridgehead atoms. The van der Waals surface area contributed by atoms with E-state index in [-0.39, 0.29) is 28.7 Å². The zero-order valence-electron chi connectivity index (χ0n) is 28.3. The average Bonchev–Trinajstić information content (AvgIpc) is 3.69. The van der Waals surface area contributed by atoms with Gasteiger partial charge in [0.1, 0.15) is 18.3 Å². The van der Waals surface area contributed by atoms with Crippen molar-refractivity contribution in [3.05, 3.63) is 130 Å². The van der Waals surface area contributed by atoms with Crippen LogP contribution in [0, 0.1) is 13.5 Å². The molecule has 1 aliphatic rings. The van der Waals surface area contributed by atoms with Crippen LogP contribution >= 0.6 is 0 Å². The maximum atomic E-state index is 14.1. The lowest BCUT2D eigenvalue weighted by Gasteiger charge is -2.42. The van der Waals surface area contributed by atoms with Crippen LogP contribution in [0.25, 0.3) is 27.6 Å². The van der Waals surface area contributed by atoms with Crippen molar-refractivity contribution in [1.29, 1.82) is 0 Å². The summed E-state index contributed by atoms with van der Waals surface area (Å²) in [7, 11) is 2.15. The zero-order chi connectivity index (χ0) is 36.5. The van der Waals surface area contributed by atoms with Crippen molar-refractivity contribution in [3.8, 4) is 22.8 Å². The number of aromatic nitrogens is 4. The third-order valence-electron chi connectivity index (χ3n) is 9.28. The van der Waals surface area contributed by atoms with Crippen LogP contribution in [-0.4, -0.2) is 79.5 Å².